The first-order chi connectivity index (χ1) is 9.74. The molecule has 3 rings (SSSR count). The monoisotopic (exact) mass is 274 g/mol. The molecule has 2 aliphatic rings. The van der Waals surface area contributed by atoms with Crippen LogP contribution in [0.2, 0.25) is 0 Å². The Balaban J connectivity index is 1.64. The highest BCUT2D eigenvalue weighted by atomic mass is 16.5. The zero-order chi connectivity index (χ0) is 13.9. The average molecular weight is 274 g/mol. The molecule has 3 heteroatoms. The van der Waals surface area contributed by atoms with Crippen molar-refractivity contribution in [2.75, 3.05) is 25.2 Å². The average Bonchev–Trinajstić information content (AvgIpc) is 3.30. The van der Waals surface area contributed by atoms with E-state index in [2.05, 4.69) is 42.4 Å². The summed E-state index contributed by atoms with van der Waals surface area (Å²) in [5.41, 5.74) is 4.17. The molecule has 1 aromatic rings. The molecule has 0 unspecified atom stereocenters. The zero-order valence-corrected chi connectivity index (χ0v) is 12.7. The Bertz CT molecular complexity index is 450. The zero-order valence-electron chi connectivity index (χ0n) is 12.7. The third-order valence-electron chi connectivity index (χ3n) is 4.63. The van der Waals surface area contributed by atoms with Gasteiger partial charge in [-0.3, -0.25) is 0 Å². The van der Waals surface area contributed by atoms with Gasteiger partial charge in [0.15, 0.2) is 0 Å². The number of ether oxygens (including phenoxy) is 1. The van der Waals surface area contributed by atoms with Gasteiger partial charge in [-0.15, -0.1) is 0 Å². The van der Waals surface area contributed by atoms with Crippen molar-refractivity contribution < 1.29 is 4.74 Å². The summed E-state index contributed by atoms with van der Waals surface area (Å²) >= 11 is 0. The molecule has 2 fully saturated rings. The number of aryl methyl sites for hydroxylation is 1. The molecule has 0 amide bonds. The van der Waals surface area contributed by atoms with Crippen LogP contribution < -0.4 is 10.2 Å². The second kappa shape index (κ2) is 6.15. The van der Waals surface area contributed by atoms with Crippen molar-refractivity contribution in [1.82, 2.24) is 5.32 Å². The van der Waals surface area contributed by atoms with Crippen molar-refractivity contribution in [3.05, 3.63) is 29.3 Å². The fourth-order valence-electron chi connectivity index (χ4n) is 2.92. The molecule has 110 valence electrons. The van der Waals surface area contributed by atoms with E-state index in [9.17, 15) is 0 Å². The Morgan fingerprint density at radius 1 is 1.20 bits per heavy atom. The van der Waals surface area contributed by atoms with Crippen molar-refractivity contribution in [1.29, 1.82) is 0 Å². The summed E-state index contributed by atoms with van der Waals surface area (Å²) < 4.78 is 5.45. The quantitative estimate of drug-likeness (QED) is 0.893. The summed E-state index contributed by atoms with van der Waals surface area (Å²) in [7, 11) is 2.22. The molecular weight excluding hydrogens is 248 g/mol. The maximum absolute atomic E-state index is 5.45. The van der Waals surface area contributed by atoms with Gasteiger partial charge in [-0.1, -0.05) is 6.07 Å². The van der Waals surface area contributed by atoms with Crippen LogP contribution in [0, 0.1) is 6.92 Å². The first-order valence-electron chi connectivity index (χ1n) is 7.87. The van der Waals surface area contributed by atoms with Gasteiger partial charge in [-0.25, -0.2) is 0 Å². The van der Waals surface area contributed by atoms with Crippen LogP contribution in [0.1, 0.15) is 36.8 Å². The van der Waals surface area contributed by atoms with E-state index in [1.54, 1.807) is 0 Å². The normalized spacial score (nSPS) is 20.1. The lowest BCUT2D eigenvalue weighted by molar-refractivity contribution is 0.0855. The van der Waals surface area contributed by atoms with Gasteiger partial charge in [0, 0.05) is 44.6 Å². The smallest absolute Gasteiger partial charge is 0.0485 e. The predicted octanol–water partition coefficient (Wildman–Crippen LogP) is 2.86. The molecular formula is C17H26N2O. The maximum atomic E-state index is 5.45. The van der Waals surface area contributed by atoms with E-state index in [1.807, 2.05) is 0 Å². The predicted molar refractivity (Wildman–Crippen MR) is 83.3 cm³/mol. The number of rotatable bonds is 5. The van der Waals surface area contributed by atoms with Gasteiger partial charge in [-0.05, 0) is 55.9 Å². The molecule has 1 N–H and O–H groups in total. The van der Waals surface area contributed by atoms with Crippen molar-refractivity contribution in [2.45, 2.75) is 51.2 Å². The van der Waals surface area contributed by atoms with Crippen molar-refractivity contribution in [3.63, 3.8) is 0 Å². The Kier molecular flexibility index (Phi) is 4.27. The summed E-state index contributed by atoms with van der Waals surface area (Å²) in [6.45, 7) is 5.04. The molecule has 0 atom stereocenters. The summed E-state index contributed by atoms with van der Waals surface area (Å²) in [6, 6.07) is 8.29. The number of benzene rings is 1. The lowest BCUT2D eigenvalue weighted by Crippen LogP contribution is -2.36. The molecule has 0 spiro atoms. The van der Waals surface area contributed by atoms with Crippen LogP contribution in [0.25, 0.3) is 0 Å². The van der Waals surface area contributed by atoms with Gasteiger partial charge >= 0.3 is 0 Å². The van der Waals surface area contributed by atoms with E-state index < -0.39 is 0 Å². The highest BCUT2D eigenvalue weighted by Crippen LogP contribution is 2.25. The van der Waals surface area contributed by atoms with E-state index >= 15 is 0 Å². The highest BCUT2D eigenvalue weighted by molar-refractivity contribution is 5.51. The molecule has 1 heterocycles. The molecule has 20 heavy (non-hydrogen) atoms. The summed E-state index contributed by atoms with van der Waals surface area (Å²) in [5.74, 6) is 0. The van der Waals surface area contributed by atoms with Crippen LogP contribution in [0.3, 0.4) is 0 Å². The molecule has 1 saturated carbocycles. The van der Waals surface area contributed by atoms with E-state index in [0.29, 0.717) is 6.04 Å². The maximum Gasteiger partial charge on any atom is 0.0485 e. The van der Waals surface area contributed by atoms with E-state index in [4.69, 9.17) is 4.74 Å². The second-order valence-electron chi connectivity index (χ2n) is 6.22. The number of hydrogen-bond acceptors (Lipinski definition) is 3. The summed E-state index contributed by atoms with van der Waals surface area (Å²) in [6.07, 6.45) is 4.98. The van der Waals surface area contributed by atoms with Crippen LogP contribution in [-0.2, 0) is 11.3 Å². The number of anilines is 1. The van der Waals surface area contributed by atoms with Crippen molar-refractivity contribution in [3.8, 4) is 0 Å². The standard InChI is InChI=1S/C17H26N2O/c1-13-11-17(19(2)16-7-9-20-10-8-16)6-3-14(13)12-18-15-4-5-15/h3,6,11,15-16,18H,4-5,7-10,12H2,1-2H3. The molecule has 1 saturated heterocycles. The minimum atomic E-state index is 0.624. The highest BCUT2D eigenvalue weighted by Gasteiger charge is 2.21. The Morgan fingerprint density at radius 3 is 2.60 bits per heavy atom. The molecule has 0 aromatic heterocycles. The van der Waals surface area contributed by atoms with Gasteiger partial charge in [0.05, 0.1) is 0 Å². The first-order valence-corrected chi connectivity index (χ1v) is 7.87. The Hall–Kier alpha value is -1.06. The van der Waals surface area contributed by atoms with Crippen molar-refractivity contribution >= 4 is 5.69 Å². The van der Waals surface area contributed by atoms with E-state index in [-0.39, 0.29) is 0 Å². The summed E-state index contributed by atoms with van der Waals surface area (Å²) in [5, 5.41) is 3.60. The molecule has 1 aliphatic carbocycles. The third-order valence-corrected chi connectivity index (χ3v) is 4.63. The number of hydrogen-bond donors (Lipinski definition) is 1. The molecule has 0 radical (unpaired) electrons. The van der Waals surface area contributed by atoms with Gasteiger partial charge < -0.3 is 15.0 Å². The van der Waals surface area contributed by atoms with Crippen LogP contribution in [0.5, 0.6) is 0 Å². The molecule has 1 aliphatic heterocycles. The summed E-state index contributed by atoms with van der Waals surface area (Å²) in [4.78, 5) is 2.42. The van der Waals surface area contributed by atoms with Crippen LogP contribution >= 0.6 is 0 Å². The first kappa shape index (κ1) is 13.9. The largest absolute Gasteiger partial charge is 0.381 e. The number of nitrogens with zero attached hydrogens (tertiary/aromatic N) is 1. The van der Waals surface area contributed by atoms with E-state index in [0.717, 1.165) is 38.6 Å². The van der Waals surface area contributed by atoms with E-state index in [1.165, 1.54) is 29.7 Å². The fourth-order valence-corrected chi connectivity index (χ4v) is 2.92. The molecule has 3 nitrogen and oxygen atoms in total. The van der Waals surface area contributed by atoms with Gasteiger partial charge in [0.1, 0.15) is 0 Å². The Labute approximate surface area is 122 Å². The molecule has 0 bridgehead atoms. The topological polar surface area (TPSA) is 24.5 Å². The lowest BCUT2D eigenvalue weighted by atomic mass is 10.0. The van der Waals surface area contributed by atoms with Gasteiger partial charge in [0.2, 0.25) is 0 Å². The van der Waals surface area contributed by atoms with Crippen LogP contribution in [0.4, 0.5) is 5.69 Å². The second-order valence-corrected chi connectivity index (χ2v) is 6.22. The Morgan fingerprint density at radius 2 is 1.95 bits per heavy atom. The van der Waals surface area contributed by atoms with Crippen LogP contribution in [0.15, 0.2) is 18.2 Å². The van der Waals surface area contributed by atoms with Gasteiger partial charge in [-0.2, -0.15) is 0 Å². The molecule has 1 aromatic carbocycles. The minimum absolute atomic E-state index is 0.624. The number of nitrogens with one attached hydrogen (secondary N) is 1. The van der Waals surface area contributed by atoms with Crippen molar-refractivity contribution in [2.24, 2.45) is 0 Å². The minimum Gasteiger partial charge on any atom is -0.381 e. The fraction of sp³-hybridized carbons (Fsp3) is 0.647. The third kappa shape index (κ3) is 3.33. The lowest BCUT2D eigenvalue weighted by Gasteiger charge is -2.33. The van der Waals surface area contributed by atoms with Gasteiger partial charge in [0.25, 0.3) is 0 Å². The van der Waals surface area contributed by atoms with Crippen LogP contribution in [-0.4, -0.2) is 32.3 Å². The SMILES string of the molecule is Cc1cc(N(C)C2CCOCC2)ccc1CNC1CC1.